The van der Waals surface area contributed by atoms with Crippen molar-refractivity contribution >= 4 is 10.2 Å². The highest BCUT2D eigenvalue weighted by Crippen LogP contribution is 2.16. The maximum atomic E-state index is 12.8. The third kappa shape index (κ3) is 3.69. The van der Waals surface area contributed by atoms with Gasteiger partial charge in [-0.05, 0) is 5.92 Å². The standard InChI is InChI=1S/C8H12F3N3O2S/c1-5(2)3-7-12-13-8(17(11,15)16)14(7)4-6(9)10/h5-6H,3-4H2,1-2H3. The monoisotopic (exact) mass is 271 g/mol. The fourth-order valence-corrected chi connectivity index (χ4v) is 1.92. The van der Waals surface area contributed by atoms with E-state index in [0.717, 1.165) is 0 Å². The predicted octanol–water partition coefficient (Wildman–Crippen LogP) is 1.40. The Kier molecular flexibility index (Phi) is 4.12. The van der Waals surface area contributed by atoms with E-state index in [2.05, 4.69) is 10.2 Å². The Labute approximate surface area is 96.9 Å². The molecular weight excluding hydrogens is 259 g/mol. The van der Waals surface area contributed by atoms with Gasteiger partial charge in [-0.15, -0.1) is 10.2 Å². The topological polar surface area (TPSA) is 64.8 Å². The molecule has 0 amide bonds. The highest BCUT2D eigenvalue weighted by Gasteiger charge is 2.26. The molecule has 98 valence electrons. The summed E-state index contributed by atoms with van der Waals surface area (Å²) in [6.07, 6.45) is -2.56. The second-order valence-corrected chi connectivity index (χ2v) is 5.18. The second kappa shape index (κ2) is 5.03. The van der Waals surface area contributed by atoms with Gasteiger partial charge in [-0.1, -0.05) is 17.7 Å². The molecule has 1 heterocycles. The van der Waals surface area contributed by atoms with Gasteiger partial charge in [-0.3, -0.25) is 4.57 Å². The molecule has 0 saturated carbocycles. The summed E-state index contributed by atoms with van der Waals surface area (Å²) in [5.74, 6) is 0.0994. The third-order valence-electron chi connectivity index (χ3n) is 1.92. The lowest BCUT2D eigenvalue weighted by atomic mass is 10.1. The van der Waals surface area contributed by atoms with E-state index in [9.17, 15) is 21.1 Å². The molecule has 0 aliphatic heterocycles. The highest BCUT2D eigenvalue weighted by molar-refractivity contribution is 7.86. The van der Waals surface area contributed by atoms with Crippen LogP contribution in [0, 0.1) is 5.92 Å². The van der Waals surface area contributed by atoms with Crippen molar-refractivity contribution in [2.75, 3.05) is 0 Å². The molecule has 0 aromatic carbocycles. The van der Waals surface area contributed by atoms with Crippen LogP contribution in [-0.4, -0.2) is 29.6 Å². The van der Waals surface area contributed by atoms with Gasteiger partial charge in [0.1, 0.15) is 5.82 Å². The number of hydrogen-bond donors (Lipinski definition) is 0. The van der Waals surface area contributed by atoms with E-state index < -0.39 is 28.3 Å². The molecule has 0 spiro atoms. The molecule has 17 heavy (non-hydrogen) atoms. The molecular formula is C8H12F3N3O2S. The van der Waals surface area contributed by atoms with Crippen molar-refractivity contribution in [3.05, 3.63) is 5.82 Å². The van der Waals surface area contributed by atoms with E-state index in [-0.39, 0.29) is 18.2 Å². The largest absolute Gasteiger partial charge is 0.368 e. The molecule has 0 radical (unpaired) electrons. The quantitative estimate of drug-likeness (QED) is 0.759. The van der Waals surface area contributed by atoms with Gasteiger partial charge in [-0.2, -0.15) is 8.42 Å². The molecule has 1 aromatic rings. The number of alkyl halides is 2. The van der Waals surface area contributed by atoms with Gasteiger partial charge >= 0.3 is 10.2 Å². The van der Waals surface area contributed by atoms with Crippen LogP contribution in [0.15, 0.2) is 5.16 Å². The van der Waals surface area contributed by atoms with E-state index >= 15 is 0 Å². The van der Waals surface area contributed by atoms with Crippen LogP contribution in [0.25, 0.3) is 0 Å². The highest BCUT2D eigenvalue weighted by atomic mass is 32.3. The lowest BCUT2D eigenvalue weighted by molar-refractivity contribution is 0.121. The van der Waals surface area contributed by atoms with Crippen LogP contribution < -0.4 is 0 Å². The summed E-state index contributed by atoms with van der Waals surface area (Å²) >= 11 is 0. The van der Waals surface area contributed by atoms with Gasteiger partial charge in [0.25, 0.3) is 11.6 Å². The first-order valence-corrected chi connectivity index (χ1v) is 6.25. The second-order valence-electron chi connectivity index (χ2n) is 3.94. The van der Waals surface area contributed by atoms with Crippen LogP contribution in [0.4, 0.5) is 12.7 Å². The van der Waals surface area contributed by atoms with Crippen molar-refractivity contribution in [3.8, 4) is 0 Å². The van der Waals surface area contributed by atoms with E-state index in [1.54, 1.807) is 13.8 Å². The summed E-state index contributed by atoms with van der Waals surface area (Å²) in [5.41, 5.74) is 0. The number of rotatable bonds is 5. The normalized spacial score (nSPS) is 12.6. The Hall–Kier alpha value is -1.12. The summed E-state index contributed by atoms with van der Waals surface area (Å²) in [4.78, 5) is 0. The molecule has 5 nitrogen and oxygen atoms in total. The minimum atomic E-state index is -5.14. The van der Waals surface area contributed by atoms with Gasteiger partial charge in [0, 0.05) is 6.42 Å². The Morgan fingerprint density at radius 3 is 2.29 bits per heavy atom. The average Bonchev–Trinajstić information content (AvgIpc) is 2.45. The zero-order chi connectivity index (χ0) is 13.2. The zero-order valence-corrected chi connectivity index (χ0v) is 10.1. The minimum absolute atomic E-state index is 0.0384. The zero-order valence-electron chi connectivity index (χ0n) is 9.27. The molecule has 0 atom stereocenters. The van der Waals surface area contributed by atoms with Gasteiger partial charge in [0.15, 0.2) is 0 Å². The lowest BCUT2D eigenvalue weighted by Gasteiger charge is -2.09. The summed E-state index contributed by atoms with van der Waals surface area (Å²) in [7, 11) is -5.14. The van der Waals surface area contributed by atoms with Crippen LogP contribution in [0.3, 0.4) is 0 Å². The summed E-state index contributed by atoms with van der Waals surface area (Å²) in [5, 5.41) is 5.48. The van der Waals surface area contributed by atoms with E-state index in [0.29, 0.717) is 4.57 Å². The van der Waals surface area contributed by atoms with Gasteiger partial charge in [0.05, 0.1) is 6.54 Å². The molecule has 0 saturated heterocycles. The van der Waals surface area contributed by atoms with Crippen molar-refractivity contribution in [3.63, 3.8) is 0 Å². The molecule has 0 unspecified atom stereocenters. The Morgan fingerprint density at radius 1 is 1.29 bits per heavy atom. The van der Waals surface area contributed by atoms with Crippen LogP contribution in [0.2, 0.25) is 0 Å². The summed E-state index contributed by atoms with van der Waals surface area (Å²) in [6.45, 7) is 2.66. The van der Waals surface area contributed by atoms with E-state index in [1.807, 2.05) is 0 Å². The minimum Gasteiger partial charge on any atom is -0.294 e. The first kappa shape index (κ1) is 13.9. The molecule has 9 heteroatoms. The first-order chi connectivity index (χ1) is 7.71. The fraction of sp³-hybridized carbons (Fsp3) is 0.750. The van der Waals surface area contributed by atoms with Gasteiger partial charge in [-0.25, -0.2) is 8.78 Å². The molecule has 1 aromatic heterocycles. The van der Waals surface area contributed by atoms with Crippen LogP contribution >= 0.6 is 0 Å². The van der Waals surface area contributed by atoms with Crippen molar-refractivity contribution in [2.24, 2.45) is 5.92 Å². The third-order valence-corrected chi connectivity index (χ3v) is 2.66. The summed E-state index contributed by atoms with van der Waals surface area (Å²) in [6, 6.07) is 0. The molecule has 1 rings (SSSR count). The van der Waals surface area contributed by atoms with E-state index in [1.165, 1.54) is 0 Å². The maximum Gasteiger partial charge on any atom is 0.368 e. The molecule has 0 fully saturated rings. The van der Waals surface area contributed by atoms with Crippen molar-refractivity contribution < 1.29 is 21.1 Å². The molecule has 0 N–H and O–H groups in total. The number of aromatic nitrogens is 3. The lowest BCUT2D eigenvalue weighted by Crippen LogP contribution is -2.16. The first-order valence-electron chi connectivity index (χ1n) is 4.86. The molecule has 0 bridgehead atoms. The Bertz CT molecular complexity index is 484. The van der Waals surface area contributed by atoms with Gasteiger partial charge < -0.3 is 0 Å². The van der Waals surface area contributed by atoms with Crippen molar-refractivity contribution in [2.45, 2.75) is 38.4 Å². The van der Waals surface area contributed by atoms with Crippen LogP contribution in [-0.2, 0) is 23.2 Å². The summed E-state index contributed by atoms with van der Waals surface area (Å²) < 4.78 is 59.4. The average molecular weight is 271 g/mol. The number of halogens is 3. The van der Waals surface area contributed by atoms with Crippen LogP contribution in [0.5, 0.6) is 0 Å². The van der Waals surface area contributed by atoms with Crippen LogP contribution in [0.1, 0.15) is 19.7 Å². The van der Waals surface area contributed by atoms with Crippen molar-refractivity contribution in [1.29, 1.82) is 0 Å². The Morgan fingerprint density at radius 2 is 1.88 bits per heavy atom. The number of nitrogens with zero attached hydrogens (tertiary/aromatic N) is 3. The van der Waals surface area contributed by atoms with Crippen molar-refractivity contribution in [1.82, 2.24) is 14.8 Å². The fourth-order valence-electron chi connectivity index (χ4n) is 1.34. The smallest absolute Gasteiger partial charge is 0.294 e. The van der Waals surface area contributed by atoms with E-state index in [4.69, 9.17) is 0 Å². The number of hydrogen-bond acceptors (Lipinski definition) is 4. The Balaban J connectivity index is 3.20. The molecule has 0 aliphatic carbocycles. The maximum absolute atomic E-state index is 12.8. The SMILES string of the molecule is CC(C)Cc1nnc(S(=O)(=O)F)n1CC(F)F. The molecule has 0 aliphatic rings. The predicted molar refractivity (Wildman–Crippen MR) is 52.9 cm³/mol. The van der Waals surface area contributed by atoms with Gasteiger partial charge in [0.2, 0.25) is 0 Å².